The summed E-state index contributed by atoms with van der Waals surface area (Å²) in [5.41, 5.74) is 0.384. The summed E-state index contributed by atoms with van der Waals surface area (Å²) in [5.74, 6) is -2.62. The molecule has 0 N–H and O–H groups in total. The van der Waals surface area contributed by atoms with E-state index < -0.39 is 42.3 Å². The van der Waals surface area contributed by atoms with Crippen LogP contribution in [0, 0.1) is 5.92 Å². The van der Waals surface area contributed by atoms with E-state index in [1.807, 2.05) is 6.92 Å². The molecule has 1 aromatic heterocycles. The average Bonchev–Trinajstić information content (AvgIpc) is 2.97. The maximum atomic E-state index is 13.4. The molecule has 26 heavy (non-hydrogen) atoms. The predicted octanol–water partition coefficient (Wildman–Crippen LogP) is 3.19. The third-order valence-corrected chi connectivity index (χ3v) is 4.61. The highest BCUT2D eigenvalue weighted by atomic mass is 32.2. The molecule has 0 aliphatic rings. The summed E-state index contributed by atoms with van der Waals surface area (Å²) < 4.78 is 62.3. The maximum absolute atomic E-state index is 13.4. The van der Waals surface area contributed by atoms with E-state index in [0.29, 0.717) is 12.0 Å². The largest absolute Gasteiger partial charge is 0.591 e. The Labute approximate surface area is 154 Å². The van der Waals surface area contributed by atoms with E-state index in [0.717, 1.165) is 6.42 Å². The number of nitrogens with zero attached hydrogens (tertiary/aromatic N) is 3. The van der Waals surface area contributed by atoms with Crippen molar-refractivity contribution in [3.63, 3.8) is 0 Å². The van der Waals surface area contributed by atoms with Crippen molar-refractivity contribution in [2.24, 2.45) is 17.4 Å². The number of halogens is 3. The van der Waals surface area contributed by atoms with Crippen molar-refractivity contribution in [1.29, 1.82) is 0 Å². The van der Waals surface area contributed by atoms with Crippen LogP contribution in [0.3, 0.4) is 0 Å². The number of ether oxygens (including phenoxy) is 1. The Kier molecular flexibility index (Phi) is 9.14. The molecule has 0 bridgehead atoms. The topological polar surface area (TPSA) is 79.5 Å². The van der Waals surface area contributed by atoms with Gasteiger partial charge in [-0.25, -0.2) is 0 Å². The predicted molar refractivity (Wildman–Crippen MR) is 93.1 cm³/mol. The van der Waals surface area contributed by atoms with E-state index in [1.165, 1.54) is 24.0 Å². The van der Waals surface area contributed by atoms with Crippen LogP contribution >= 0.6 is 0 Å². The van der Waals surface area contributed by atoms with Crippen molar-refractivity contribution in [3.8, 4) is 0 Å². The molecule has 1 rings (SSSR count). The summed E-state index contributed by atoms with van der Waals surface area (Å²) in [6, 6.07) is 0. The Bertz CT molecular complexity index is 605. The Balaban J connectivity index is 3.06. The van der Waals surface area contributed by atoms with Crippen LogP contribution in [-0.4, -0.2) is 44.6 Å². The fourth-order valence-corrected chi connectivity index (χ4v) is 3.23. The van der Waals surface area contributed by atoms with Crippen LogP contribution in [0.25, 0.3) is 0 Å². The van der Waals surface area contributed by atoms with E-state index in [-0.39, 0.29) is 18.1 Å². The first kappa shape index (κ1) is 22.5. The van der Waals surface area contributed by atoms with Gasteiger partial charge in [0.2, 0.25) is 0 Å². The van der Waals surface area contributed by atoms with Crippen molar-refractivity contribution < 1.29 is 27.3 Å². The van der Waals surface area contributed by atoms with Gasteiger partial charge in [0.15, 0.2) is 0 Å². The molecule has 0 radical (unpaired) electrons. The number of carbonyl (C=O) groups excluding carboxylic acids is 1. The quantitative estimate of drug-likeness (QED) is 0.346. The van der Waals surface area contributed by atoms with Gasteiger partial charge in [0, 0.05) is 25.2 Å². The Hall–Kier alpha value is -1.55. The number of hydrogen-bond donors (Lipinski definition) is 0. The number of aromatic nitrogens is 2. The molecule has 2 atom stereocenters. The molecule has 6 nitrogen and oxygen atoms in total. The molecule has 0 amide bonds. The summed E-state index contributed by atoms with van der Waals surface area (Å²) in [6.45, 7) is 3.45. The first-order chi connectivity index (χ1) is 12.2. The highest BCUT2D eigenvalue weighted by molar-refractivity contribution is 7.90. The average molecular weight is 395 g/mol. The molecule has 0 spiro atoms. The van der Waals surface area contributed by atoms with Gasteiger partial charge in [-0.2, -0.15) is 18.3 Å². The SMILES string of the molecule is CCCC[S+]([O-])N=C(CC(CC(=O)OCC)C(F)(F)F)c1cnn(C)c1. The van der Waals surface area contributed by atoms with Crippen molar-refractivity contribution >= 4 is 23.0 Å². The molecule has 0 aliphatic heterocycles. The first-order valence-corrected chi connectivity index (χ1v) is 9.62. The van der Waals surface area contributed by atoms with E-state index in [1.54, 1.807) is 7.05 Å². The highest BCUT2D eigenvalue weighted by Gasteiger charge is 2.42. The van der Waals surface area contributed by atoms with E-state index >= 15 is 0 Å². The molecule has 2 unspecified atom stereocenters. The summed E-state index contributed by atoms with van der Waals surface area (Å²) in [5, 5.41) is 3.93. The second kappa shape index (κ2) is 10.6. The minimum absolute atomic E-state index is 0.00793. The van der Waals surface area contributed by atoms with E-state index in [4.69, 9.17) is 0 Å². The van der Waals surface area contributed by atoms with Crippen LogP contribution < -0.4 is 0 Å². The van der Waals surface area contributed by atoms with Gasteiger partial charge in [0.05, 0.1) is 36.5 Å². The minimum atomic E-state index is -4.61. The second-order valence-corrected chi connectivity index (χ2v) is 7.01. The summed E-state index contributed by atoms with van der Waals surface area (Å²) in [4.78, 5) is 11.5. The fraction of sp³-hybridized carbons (Fsp3) is 0.688. The smallest absolute Gasteiger partial charge is 0.392 e. The van der Waals surface area contributed by atoms with Gasteiger partial charge in [-0.1, -0.05) is 17.7 Å². The van der Waals surface area contributed by atoms with E-state index in [9.17, 15) is 22.5 Å². The molecule has 0 aromatic carbocycles. The van der Waals surface area contributed by atoms with Crippen molar-refractivity contribution in [1.82, 2.24) is 9.78 Å². The summed E-state index contributed by atoms with van der Waals surface area (Å²) in [7, 11) is 1.62. The standard InChI is InChI=1S/C16H24F3N3O3S/c1-4-6-7-26(24)21-14(12-10-20-22(3)11-12)8-13(16(17,18)19)9-15(23)25-5-2/h10-11,13H,4-9H2,1-3H3. The molecular weight excluding hydrogens is 371 g/mol. The Morgan fingerprint density at radius 1 is 1.42 bits per heavy atom. The third-order valence-electron chi connectivity index (χ3n) is 3.54. The molecule has 0 fully saturated rings. The van der Waals surface area contributed by atoms with Crippen LogP contribution in [0.4, 0.5) is 13.2 Å². The number of aryl methyl sites for hydroxylation is 1. The van der Waals surface area contributed by atoms with Crippen LogP contribution in [0.5, 0.6) is 0 Å². The fourth-order valence-electron chi connectivity index (χ4n) is 2.17. The number of rotatable bonds is 10. The summed E-state index contributed by atoms with van der Waals surface area (Å²) >= 11 is -1.63. The highest BCUT2D eigenvalue weighted by Crippen LogP contribution is 2.33. The third kappa shape index (κ3) is 7.77. The Morgan fingerprint density at radius 2 is 2.12 bits per heavy atom. The molecule has 0 saturated heterocycles. The summed E-state index contributed by atoms with van der Waals surface area (Å²) in [6.07, 6.45) is -1.65. The van der Waals surface area contributed by atoms with E-state index in [2.05, 4.69) is 14.2 Å². The van der Waals surface area contributed by atoms with Crippen molar-refractivity contribution in [3.05, 3.63) is 18.0 Å². The molecule has 0 saturated carbocycles. The molecule has 1 heterocycles. The molecule has 0 aliphatic carbocycles. The lowest BCUT2D eigenvalue weighted by atomic mass is 9.95. The van der Waals surface area contributed by atoms with Crippen LogP contribution in [0.1, 0.15) is 45.1 Å². The number of alkyl halides is 3. The number of hydrogen-bond acceptors (Lipinski definition) is 5. The monoisotopic (exact) mass is 395 g/mol. The molecule has 10 heteroatoms. The second-order valence-electron chi connectivity index (χ2n) is 5.77. The zero-order valence-corrected chi connectivity index (χ0v) is 15.9. The molecular formula is C16H24F3N3O3S. The number of carbonyl (C=O) groups is 1. The minimum Gasteiger partial charge on any atom is -0.591 e. The van der Waals surface area contributed by atoms with Gasteiger partial charge in [-0.05, 0) is 13.3 Å². The maximum Gasteiger partial charge on any atom is 0.392 e. The van der Waals surface area contributed by atoms with Gasteiger partial charge in [0.25, 0.3) is 0 Å². The van der Waals surface area contributed by atoms with Crippen LogP contribution in [-0.2, 0) is 27.9 Å². The van der Waals surface area contributed by atoms with Gasteiger partial charge in [-0.3, -0.25) is 9.48 Å². The van der Waals surface area contributed by atoms with Gasteiger partial charge >= 0.3 is 12.1 Å². The molecule has 148 valence electrons. The lowest BCUT2D eigenvalue weighted by molar-refractivity contribution is -0.182. The first-order valence-electron chi connectivity index (χ1n) is 8.34. The number of unbranched alkanes of at least 4 members (excludes halogenated alkanes) is 1. The van der Waals surface area contributed by atoms with Crippen LogP contribution in [0.15, 0.2) is 16.8 Å². The van der Waals surface area contributed by atoms with Crippen LogP contribution in [0.2, 0.25) is 0 Å². The zero-order valence-electron chi connectivity index (χ0n) is 15.1. The van der Waals surface area contributed by atoms with Crippen molar-refractivity contribution in [2.45, 2.75) is 45.7 Å². The lowest BCUT2D eigenvalue weighted by Crippen LogP contribution is -2.29. The normalized spacial score (nSPS) is 15.0. The van der Waals surface area contributed by atoms with Gasteiger partial charge < -0.3 is 9.29 Å². The van der Waals surface area contributed by atoms with Gasteiger partial charge in [0.1, 0.15) is 11.5 Å². The lowest BCUT2D eigenvalue weighted by Gasteiger charge is -2.20. The van der Waals surface area contributed by atoms with Crippen molar-refractivity contribution in [2.75, 3.05) is 12.4 Å². The Morgan fingerprint density at radius 3 is 2.62 bits per heavy atom. The number of esters is 1. The molecule has 1 aromatic rings. The van der Waals surface area contributed by atoms with Gasteiger partial charge in [-0.15, -0.1) is 0 Å². The zero-order chi connectivity index (χ0) is 19.7.